The number of rotatable bonds is 2. The van der Waals surface area contributed by atoms with Crippen LogP contribution in [0.3, 0.4) is 0 Å². The summed E-state index contributed by atoms with van der Waals surface area (Å²) in [5.74, 6) is -0.661. The van der Waals surface area contributed by atoms with Crippen LogP contribution in [0, 0.1) is 6.92 Å². The Labute approximate surface area is 83.6 Å². The van der Waals surface area contributed by atoms with E-state index in [4.69, 9.17) is 0 Å². The van der Waals surface area contributed by atoms with Crippen molar-refractivity contribution < 1.29 is 15.3 Å². The molecular weight excluding hydrogens is 180 g/mol. The Morgan fingerprint density at radius 3 is 2.29 bits per heavy atom. The summed E-state index contributed by atoms with van der Waals surface area (Å²) in [6.45, 7) is 5.78. The van der Waals surface area contributed by atoms with Gasteiger partial charge in [0.15, 0.2) is 11.5 Å². The van der Waals surface area contributed by atoms with Crippen molar-refractivity contribution in [3.05, 3.63) is 17.2 Å². The lowest BCUT2D eigenvalue weighted by molar-refractivity contribution is 0.364. The molecule has 78 valence electrons. The largest absolute Gasteiger partial charge is 0.504 e. The lowest BCUT2D eigenvalue weighted by atomic mass is 9.93. The molecule has 0 saturated heterocycles. The summed E-state index contributed by atoms with van der Waals surface area (Å²) in [6, 6.07) is 1.51. The van der Waals surface area contributed by atoms with Crippen LogP contribution in [0.1, 0.15) is 37.3 Å². The van der Waals surface area contributed by atoms with Crippen LogP contribution in [0.15, 0.2) is 6.07 Å². The summed E-state index contributed by atoms with van der Waals surface area (Å²) >= 11 is 0. The third-order valence-corrected chi connectivity index (χ3v) is 2.69. The van der Waals surface area contributed by atoms with Crippen molar-refractivity contribution in [2.24, 2.45) is 0 Å². The Morgan fingerprint density at radius 2 is 1.79 bits per heavy atom. The lowest BCUT2D eigenvalue weighted by Gasteiger charge is -2.15. The van der Waals surface area contributed by atoms with Gasteiger partial charge in [-0.3, -0.25) is 0 Å². The first kappa shape index (κ1) is 10.7. The molecule has 3 N–H and O–H groups in total. The fourth-order valence-electron chi connectivity index (χ4n) is 1.49. The predicted octanol–water partition coefficient (Wildman–Crippen LogP) is 2.63. The molecule has 0 saturated carbocycles. The fraction of sp³-hybridized carbons (Fsp3) is 0.455. The van der Waals surface area contributed by atoms with E-state index in [0.717, 1.165) is 12.0 Å². The summed E-state index contributed by atoms with van der Waals surface area (Å²) in [4.78, 5) is 0. The molecule has 1 unspecified atom stereocenters. The van der Waals surface area contributed by atoms with Crippen molar-refractivity contribution in [1.82, 2.24) is 0 Å². The number of hydrogen-bond donors (Lipinski definition) is 3. The fourth-order valence-corrected chi connectivity index (χ4v) is 1.49. The summed E-state index contributed by atoms with van der Waals surface area (Å²) in [5, 5.41) is 28.1. The van der Waals surface area contributed by atoms with E-state index < -0.39 is 5.75 Å². The standard InChI is InChI=1S/C11H16O3/c1-4-6(2)8-5-9(12)11(14)10(13)7(8)3/h5-6,12-14H,4H2,1-3H3. The van der Waals surface area contributed by atoms with Gasteiger partial charge >= 0.3 is 0 Å². The molecule has 0 aromatic heterocycles. The molecule has 0 aliphatic carbocycles. The van der Waals surface area contributed by atoms with Crippen LogP contribution in [-0.4, -0.2) is 15.3 Å². The minimum absolute atomic E-state index is 0.222. The maximum atomic E-state index is 9.50. The average Bonchev–Trinajstić information content (AvgIpc) is 2.19. The first-order valence-electron chi connectivity index (χ1n) is 4.73. The highest BCUT2D eigenvalue weighted by molar-refractivity contribution is 5.57. The van der Waals surface area contributed by atoms with Crippen LogP contribution in [0.5, 0.6) is 17.2 Å². The molecule has 1 aromatic carbocycles. The van der Waals surface area contributed by atoms with E-state index in [1.54, 1.807) is 6.92 Å². The van der Waals surface area contributed by atoms with Crippen LogP contribution >= 0.6 is 0 Å². The molecule has 0 fully saturated rings. The summed E-state index contributed by atoms with van der Waals surface area (Å²) < 4.78 is 0. The van der Waals surface area contributed by atoms with Gasteiger partial charge in [0.05, 0.1) is 0 Å². The van der Waals surface area contributed by atoms with E-state index in [1.165, 1.54) is 6.07 Å². The monoisotopic (exact) mass is 196 g/mol. The smallest absolute Gasteiger partial charge is 0.200 e. The van der Waals surface area contributed by atoms with Crippen LogP contribution in [0.4, 0.5) is 0 Å². The Balaban J connectivity index is 3.33. The number of aromatic hydroxyl groups is 3. The Hall–Kier alpha value is -1.38. The number of hydrogen-bond acceptors (Lipinski definition) is 3. The van der Waals surface area contributed by atoms with E-state index in [1.807, 2.05) is 13.8 Å². The molecule has 1 aromatic rings. The van der Waals surface area contributed by atoms with Crippen molar-refractivity contribution >= 4 is 0 Å². The minimum Gasteiger partial charge on any atom is -0.504 e. The molecule has 3 nitrogen and oxygen atoms in total. The maximum Gasteiger partial charge on any atom is 0.200 e. The second-order valence-electron chi connectivity index (χ2n) is 3.62. The van der Waals surface area contributed by atoms with Gasteiger partial charge in [0, 0.05) is 0 Å². The van der Waals surface area contributed by atoms with Crippen LogP contribution < -0.4 is 0 Å². The molecule has 0 aliphatic rings. The van der Waals surface area contributed by atoms with Gasteiger partial charge in [-0.15, -0.1) is 0 Å². The van der Waals surface area contributed by atoms with Gasteiger partial charge in [0.25, 0.3) is 0 Å². The highest BCUT2D eigenvalue weighted by Crippen LogP contribution is 2.41. The molecule has 14 heavy (non-hydrogen) atoms. The lowest BCUT2D eigenvalue weighted by Crippen LogP contribution is -1.95. The number of phenolic OH excluding ortho intramolecular Hbond substituents is 3. The van der Waals surface area contributed by atoms with Crippen molar-refractivity contribution in [1.29, 1.82) is 0 Å². The molecule has 0 radical (unpaired) electrons. The summed E-state index contributed by atoms with van der Waals surface area (Å²) in [5.41, 5.74) is 1.51. The van der Waals surface area contributed by atoms with Crippen LogP contribution in [-0.2, 0) is 0 Å². The third-order valence-electron chi connectivity index (χ3n) is 2.69. The molecule has 0 amide bonds. The SMILES string of the molecule is CCC(C)c1cc(O)c(O)c(O)c1C. The zero-order valence-corrected chi connectivity index (χ0v) is 8.70. The number of phenols is 3. The second-order valence-corrected chi connectivity index (χ2v) is 3.62. The first-order valence-corrected chi connectivity index (χ1v) is 4.73. The zero-order chi connectivity index (χ0) is 10.9. The molecule has 0 bridgehead atoms. The van der Waals surface area contributed by atoms with Gasteiger partial charge < -0.3 is 15.3 Å². The maximum absolute atomic E-state index is 9.50. The molecule has 1 rings (SSSR count). The summed E-state index contributed by atoms with van der Waals surface area (Å²) in [7, 11) is 0. The van der Waals surface area contributed by atoms with Crippen molar-refractivity contribution in [2.75, 3.05) is 0 Å². The van der Waals surface area contributed by atoms with E-state index in [2.05, 4.69) is 0 Å². The van der Waals surface area contributed by atoms with E-state index in [-0.39, 0.29) is 17.4 Å². The van der Waals surface area contributed by atoms with E-state index >= 15 is 0 Å². The second kappa shape index (κ2) is 3.78. The van der Waals surface area contributed by atoms with Gasteiger partial charge in [-0.25, -0.2) is 0 Å². The molecular formula is C11H16O3. The summed E-state index contributed by atoms with van der Waals surface area (Å²) in [6.07, 6.45) is 0.921. The Morgan fingerprint density at radius 1 is 1.21 bits per heavy atom. The van der Waals surface area contributed by atoms with Gasteiger partial charge in [-0.05, 0) is 36.5 Å². The molecule has 1 atom stereocenters. The Bertz CT molecular complexity index is 345. The first-order chi connectivity index (χ1) is 6.49. The topological polar surface area (TPSA) is 60.7 Å². The van der Waals surface area contributed by atoms with E-state index in [0.29, 0.717) is 5.56 Å². The van der Waals surface area contributed by atoms with Gasteiger partial charge in [0.2, 0.25) is 5.75 Å². The van der Waals surface area contributed by atoms with Crippen molar-refractivity contribution in [3.8, 4) is 17.2 Å². The van der Waals surface area contributed by atoms with Gasteiger partial charge in [0.1, 0.15) is 0 Å². The normalized spacial score (nSPS) is 12.8. The zero-order valence-electron chi connectivity index (χ0n) is 8.70. The van der Waals surface area contributed by atoms with Crippen LogP contribution in [0.25, 0.3) is 0 Å². The highest BCUT2D eigenvalue weighted by atomic mass is 16.3. The molecule has 0 aliphatic heterocycles. The van der Waals surface area contributed by atoms with Crippen molar-refractivity contribution in [3.63, 3.8) is 0 Å². The molecule has 3 heteroatoms. The highest BCUT2D eigenvalue weighted by Gasteiger charge is 2.16. The van der Waals surface area contributed by atoms with Crippen molar-refractivity contribution in [2.45, 2.75) is 33.1 Å². The Kier molecular flexibility index (Phi) is 2.89. The average molecular weight is 196 g/mol. The van der Waals surface area contributed by atoms with E-state index in [9.17, 15) is 15.3 Å². The minimum atomic E-state index is -0.436. The molecule has 0 spiro atoms. The molecule has 0 heterocycles. The third kappa shape index (κ3) is 1.62. The van der Waals surface area contributed by atoms with Gasteiger partial charge in [-0.2, -0.15) is 0 Å². The predicted molar refractivity (Wildman–Crippen MR) is 54.9 cm³/mol. The number of benzene rings is 1. The van der Waals surface area contributed by atoms with Gasteiger partial charge in [-0.1, -0.05) is 13.8 Å². The van der Waals surface area contributed by atoms with Crippen LogP contribution in [0.2, 0.25) is 0 Å². The quantitative estimate of drug-likeness (QED) is 0.637.